The first-order chi connectivity index (χ1) is 9.66. The third-order valence-corrected chi connectivity index (χ3v) is 4.86. The van der Waals surface area contributed by atoms with Gasteiger partial charge in [-0.3, -0.25) is 0 Å². The third kappa shape index (κ3) is 1.44. The van der Waals surface area contributed by atoms with Crippen LogP contribution in [-0.2, 0) is 12.8 Å². The largest absolute Gasteiger partial charge is 0.504 e. The molecule has 0 saturated carbocycles. The number of nitrogens with one attached hydrogen (secondary N) is 1. The van der Waals surface area contributed by atoms with Crippen LogP contribution >= 0.6 is 0 Å². The minimum Gasteiger partial charge on any atom is -0.504 e. The number of phenols is 2. The van der Waals surface area contributed by atoms with Crippen LogP contribution in [0.3, 0.4) is 0 Å². The van der Waals surface area contributed by atoms with Crippen LogP contribution in [0.5, 0.6) is 11.5 Å². The van der Waals surface area contributed by atoms with Gasteiger partial charge >= 0.3 is 0 Å². The minimum absolute atomic E-state index is 0.0255. The highest BCUT2D eigenvalue weighted by Gasteiger charge is 2.36. The molecule has 102 valence electrons. The first-order valence-corrected chi connectivity index (χ1v) is 7.15. The van der Waals surface area contributed by atoms with E-state index in [0.29, 0.717) is 6.04 Å². The molecule has 2 aromatic carbocycles. The second-order valence-electron chi connectivity index (χ2n) is 5.95. The van der Waals surface area contributed by atoms with Gasteiger partial charge in [0.2, 0.25) is 0 Å². The molecule has 3 nitrogen and oxygen atoms in total. The smallest absolute Gasteiger partial charge is 0.165 e. The van der Waals surface area contributed by atoms with Crippen LogP contribution < -0.4 is 4.90 Å². The fourth-order valence-corrected chi connectivity index (χ4v) is 3.80. The molecule has 3 heteroatoms. The van der Waals surface area contributed by atoms with Crippen molar-refractivity contribution < 1.29 is 15.1 Å². The number of phenolic OH excluding ortho intramolecular Hbond substituents is 2. The molecule has 0 amide bonds. The summed E-state index contributed by atoms with van der Waals surface area (Å²) in [6.45, 7) is 1.15. The molecular formula is C17H18NO2+. The number of hydrogen-bond acceptors (Lipinski definition) is 2. The Morgan fingerprint density at radius 2 is 1.95 bits per heavy atom. The summed E-state index contributed by atoms with van der Waals surface area (Å²) in [4.78, 5) is 1.53. The average molecular weight is 268 g/mol. The van der Waals surface area contributed by atoms with Crippen molar-refractivity contribution in [2.75, 3.05) is 13.6 Å². The van der Waals surface area contributed by atoms with Crippen molar-refractivity contribution in [1.82, 2.24) is 0 Å². The van der Waals surface area contributed by atoms with Crippen LogP contribution in [0.4, 0.5) is 0 Å². The van der Waals surface area contributed by atoms with E-state index in [9.17, 15) is 10.2 Å². The normalized spacial score (nSPS) is 23.1. The summed E-state index contributed by atoms with van der Waals surface area (Å²) in [5, 5.41) is 20.1. The Bertz CT molecular complexity index is 708. The predicted octanol–water partition coefficient (Wildman–Crippen LogP) is 1.43. The van der Waals surface area contributed by atoms with Crippen molar-refractivity contribution in [3.05, 3.63) is 47.0 Å². The van der Waals surface area contributed by atoms with Crippen LogP contribution in [0, 0.1) is 0 Å². The molecule has 2 atom stereocenters. The monoisotopic (exact) mass is 268 g/mol. The van der Waals surface area contributed by atoms with Gasteiger partial charge in [0.05, 0.1) is 13.6 Å². The Hall–Kier alpha value is -2.00. The lowest BCUT2D eigenvalue weighted by Gasteiger charge is -2.37. The third-order valence-electron chi connectivity index (χ3n) is 4.86. The van der Waals surface area contributed by atoms with Gasteiger partial charge in [-0.25, -0.2) is 0 Å². The molecule has 20 heavy (non-hydrogen) atoms. The summed E-state index contributed by atoms with van der Waals surface area (Å²) in [6.07, 6.45) is 2.01. The fraction of sp³-hybridized carbons (Fsp3) is 0.294. The molecule has 0 saturated heterocycles. The lowest BCUT2D eigenvalue weighted by atomic mass is 9.77. The number of benzene rings is 2. The van der Waals surface area contributed by atoms with Gasteiger partial charge < -0.3 is 15.1 Å². The maximum absolute atomic E-state index is 10.3. The van der Waals surface area contributed by atoms with E-state index in [1.165, 1.54) is 16.0 Å². The van der Waals surface area contributed by atoms with E-state index in [2.05, 4.69) is 25.2 Å². The molecule has 0 bridgehead atoms. The summed E-state index contributed by atoms with van der Waals surface area (Å²) < 4.78 is 0. The van der Waals surface area contributed by atoms with Crippen LogP contribution in [-0.4, -0.2) is 23.8 Å². The van der Waals surface area contributed by atoms with Gasteiger partial charge in [-0.2, -0.15) is 0 Å². The number of fused-ring (bicyclic) bond motifs is 2. The molecule has 1 aliphatic heterocycles. The Kier molecular flexibility index (Phi) is 2.36. The van der Waals surface area contributed by atoms with Gasteiger partial charge in [0.1, 0.15) is 6.04 Å². The fourth-order valence-electron chi connectivity index (χ4n) is 3.80. The number of likely N-dealkylation sites (N-methyl/N-ethyl adjacent to an activating group) is 1. The molecule has 3 N–H and O–H groups in total. The average Bonchev–Trinajstić information content (AvgIpc) is 2.46. The van der Waals surface area contributed by atoms with Crippen molar-refractivity contribution in [2.45, 2.75) is 18.9 Å². The second kappa shape index (κ2) is 4.00. The van der Waals surface area contributed by atoms with Gasteiger partial charge in [-0.15, -0.1) is 0 Å². The number of quaternary nitrogens is 1. The zero-order valence-corrected chi connectivity index (χ0v) is 11.5. The summed E-state index contributed by atoms with van der Waals surface area (Å²) in [7, 11) is 2.25. The quantitative estimate of drug-likeness (QED) is 0.633. The van der Waals surface area contributed by atoms with Crippen molar-refractivity contribution in [2.24, 2.45) is 0 Å². The van der Waals surface area contributed by atoms with E-state index < -0.39 is 0 Å². The Morgan fingerprint density at radius 1 is 1.10 bits per heavy atom. The number of rotatable bonds is 0. The van der Waals surface area contributed by atoms with Gasteiger partial charge in [0.25, 0.3) is 0 Å². The van der Waals surface area contributed by atoms with Gasteiger partial charge in [0.15, 0.2) is 11.5 Å². The van der Waals surface area contributed by atoms with E-state index >= 15 is 0 Å². The first-order valence-electron chi connectivity index (χ1n) is 7.15. The van der Waals surface area contributed by atoms with E-state index in [1.807, 2.05) is 6.07 Å². The molecule has 2 aromatic rings. The first kappa shape index (κ1) is 11.8. The highest BCUT2D eigenvalue weighted by atomic mass is 16.3. The number of aromatic hydroxyl groups is 2. The van der Waals surface area contributed by atoms with Crippen LogP contribution in [0.25, 0.3) is 11.1 Å². The molecule has 0 spiro atoms. The van der Waals surface area contributed by atoms with Crippen LogP contribution in [0.1, 0.15) is 22.7 Å². The lowest BCUT2D eigenvalue weighted by molar-refractivity contribution is -0.914. The van der Waals surface area contributed by atoms with Crippen molar-refractivity contribution >= 4 is 0 Å². The van der Waals surface area contributed by atoms with Gasteiger partial charge in [-0.1, -0.05) is 24.3 Å². The molecule has 0 aromatic heterocycles. The molecule has 1 aliphatic carbocycles. The molecule has 2 unspecified atom stereocenters. The standard InChI is InChI=1S/C17H17NO2/c1-18-8-7-10-3-2-4-12-15(10)13(18)9-11-5-6-14(19)17(20)16(11)12/h2-6,13,19-20H,7-9H2,1H3/p+1. The molecule has 1 heterocycles. The van der Waals surface area contributed by atoms with Gasteiger partial charge in [0, 0.05) is 24.0 Å². The van der Waals surface area contributed by atoms with Crippen LogP contribution in [0.2, 0.25) is 0 Å². The Morgan fingerprint density at radius 3 is 2.80 bits per heavy atom. The highest BCUT2D eigenvalue weighted by molar-refractivity contribution is 5.81. The highest BCUT2D eigenvalue weighted by Crippen LogP contribution is 2.47. The van der Waals surface area contributed by atoms with E-state index in [4.69, 9.17) is 0 Å². The minimum atomic E-state index is -0.0312. The molecule has 2 aliphatic rings. The predicted molar refractivity (Wildman–Crippen MR) is 77.1 cm³/mol. The van der Waals surface area contributed by atoms with Crippen molar-refractivity contribution in [1.29, 1.82) is 0 Å². The molecule has 4 rings (SSSR count). The summed E-state index contributed by atoms with van der Waals surface area (Å²) in [6, 6.07) is 10.3. The lowest BCUT2D eigenvalue weighted by Crippen LogP contribution is -3.10. The summed E-state index contributed by atoms with van der Waals surface area (Å²) in [5.74, 6) is -0.00566. The molecule has 0 radical (unpaired) electrons. The van der Waals surface area contributed by atoms with Crippen LogP contribution in [0.15, 0.2) is 30.3 Å². The molecule has 0 fully saturated rings. The van der Waals surface area contributed by atoms with Crippen molar-refractivity contribution in [3.63, 3.8) is 0 Å². The second-order valence-corrected chi connectivity index (χ2v) is 5.95. The maximum atomic E-state index is 10.3. The maximum Gasteiger partial charge on any atom is 0.165 e. The number of hydrogen-bond donors (Lipinski definition) is 3. The van der Waals surface area contributed by atoms with Crippen molar-refractivity contribution in [3.8, 4) is 22.6 Å². The Labute approximate surface area is 118 Å². The molecular weight excluding hydrogens is 250 g/mol. The van der Waals surface area contributed by atoms with E-state index in [-0.39, 0.29) is 11.5 Å². The summed E-state index contributed by atoms with van der Waals surface area (Å²) in [5.41, 5.74) is 5.82. The van der Waals surface area contributed by atoms with E-state index in [1.54, 1.807) is 6.07 Å². The van der Waals surface area contributed by atoms with Gasteiger partial charge in [-0.05, 0) is 22.8 Å². The van der Waals surface area contributed by atoms with E-state index in [0.717, 1.165) is 36.1 Å². The zero-order chi connectivity index (χ0) is 13.9. The Balaban J connectivity index is 2.05. The topological polar surface area (TPSA) is 44.9 Å². The zero-order valence-electron chi connectivity index (χ0n) is 11.5. The SMILES string of the molecule is C[NH+]1CCc2cccc3c2C1Cc1ccc(O)c(O)c1-3. The summed E-state index contributed by atoms with van der Waals surface area (Å²) >= 11 is 0.